The van der Waals surface area contributed by atoms with Crippen molar-refractivity contribution in [2.45, 2.75) is 0 Å². The molecule has 0 unspecified atom stereocenters. The van der Waals surface area contributed by atoms with Gasteiger partial charge in [-0.1, -0.05) is 11.6 Å². The van der Waals surface area contributed by atoms with Gasteiger partial charge in [-0.25, -0.2) is 0 Å². The van der Waals surface area contributed by atoms with Crippen LogP contribution in [-0.2, 0) is 0 Å². The molecule has 0 spiro atoms. The molecule has 5 nitrogen and oxygen atoms in total. The van der Waals surface area contributed by atoms with Crippen molar-refractivity contribution in [1.29, 1.82) is 0 Å². The summed E-state index contributed by atoms with van der Waals surface area (Å²) < 4.78 is 5.23. The topological polar surface area (TPSA) is 64.4 Å². The Morgan fingerprint density at radius 2 is 2.33 bits per heavy atom. The molecule has 0 bridgehead atoms. The molecule has 15 heavy (non-hydrogen) atoms. The number of nitro benzene ring substituents is 1. The van der Waals surface area contributed by atoms with Gasteiger partial charge in [0, 0.05) is 23.7 Å². The van der Waals surface area contributed by atoms with E-state index in [1.165, 1.54) is 18.2 Å². The van der Waals surface area contributed by atoms with E-state index in [9.17, 15) is 10.1 Å². The Morgan fingerprint density at radius 1 is 1.60 bits per heavy atom. The molecule has 0 aromatic heterocycles. The Kier molecular flexibility index (Phi) is 4.33. The lowest BCUT2D eigenvalue weighted by Gasteiger charge is -2.06. The molecule has 1 aromatic carbocycles. The number of hydrogen-bond acceptors (Lipinski definition) is 4. The molecule has 6 heteroatoms. The summed E-state index contributed by atoms with van der Waals surface area (Å²) in [7, 11) is 1.77. The van der Waals surface area contributed by atoms with Crippen LogP contribution in [0.2, 0.25) is 5.02 Å². The lowest BCUT2D eigenvalue weighted by atomic mass is 10.3. The fraction of sp³-hybridized carbons (Fsp3) is 0.333. The highest BCUT2D eigenvalue weighted by Crippen LogP contribution is 2.29. The van der Waals surface area contributed by atoms with E-state index in [1.807, 2.05) is 0 Å². The van der Waals surface area contributed by atoms with E-state index < -0.39 is 4.92 Å². The highest BCUT2D eigenvalue weighted by molar-refractivity contribution is 6.30. The predicted octanol–water partition coefficient (Wildman–Crippen LogP) is 1.85. The second-order valence-electron chi connectivity index (χ2n) is 2.82. The summed E-state index contributed by atoms with van der Waals surface area (Å²) in [5, 5.41) is 13.9. The summed E-state index contributed by atoms with van der Waals surface area (Å²) in [6.45, 7) is 0.974. The molecule has 0 aliphatic rings. The lowest BCUT2D eigenvalue weighted by molar-refractivity contribution is -0.385. The molecule has 1 rings (SSSR count). The van der Waals surface area contributed by atoms with Crippen molar-refractivity contribution in [2.24, 2.45) is 0 Å². The van der Waals surface area contributed by atoms with Crippen LogP contribution in [0, 0.1) is 10.1 Å². The number of nitrogens with one attached hydrogen (secondary N) is 1. The van der Waals surface area contributed by atoms with Gasteiger partial charge in [-0.15, -0.1) is 0 Å². The SMILES string of the molecule is CNCCOc1cc(Cl)ccc1[N+](=O)[O-]. The molecule has 0 saturated heterocycles. The van der Waals surface area contributed by atoms with Crippen molar-refractivity contribution in [3.8, 4) is 5.75 Å². The smallest absolute Gasteiger partial charge is 0.311 e. The molecule has 1 aromatic rings. The highest BCUT2D eigenvalue weighted by atomic mass is 35.5. The Morgan fingerprint density at radius 3 is 2.93 bits per heavy atom. The molecular weight excluding hydrogens is 220 g/mol. The molecule has 0 aliphatic heterocycles. The third-order valence-electron chi connectivity index (χ3n) is 1.73. The number of benzene rings is 1. The van der Waals surface area contributed by atoms with Crippen molar-refractivity contribution in [1.82, 2.24) is 5.32 Å². The monoisotopic (exact) mass is 230 g/mol. The first-order valence-corrected chi connectivity index (χ1v) is 4.74. The van der Waals surface area contributed by atoms with E-state index >= 15 is 0 Å². The molecule has 0 radical (unpaired) electrons. The van der Waals surface area contributed by atoms with E-state index in [0.717, 1.165) is 0 Å². The number of likely N-dealkylation sites (N-methyl/N-ethyl adjacent to an activating group) is 1. The van der Waals surface area contributed by atoms with Crippen LogP contribution in [0.4, 0.5) is 5.69 Å². The van der Waals surface area contributed by atoms with Gasteiger partial charge >= 0.3 is 5.69 Å². The maximum Gasteiger partial charge on any atom is 0.311 e. The molecule has 0 saturated carbocycles. The number of rotatable bonds is 5. The highest BCUT2D eigenvalue weighted by Gasteiger charge is 2.14. The van der Waals surface area contributed by atoms with Crippen LogP contribution in [0.1, 0.15) is 0 Å². The third-order valence-corrected chi connectivity index (χ3v) is 1.96. The Bertz CT molecular complexity index is 357. The lowest BCUT2D eigenvalue weighted by Crippen LogP contribution is -2.16. The first kappa shape index (κ1) is 11.7. The van der Waals surface area contributed by atoms with Crippen LogP contribution in [0.15, 0.2) is 18.2 Å². The second-order valence-corrected chi connectivity index (χ2v) is 3.26. The summed E-state index contributed by atoms with van der Waals surface area (Å²) in [4.78, 5) is 10.1. The number of nitrogens with zero attached hydrogens (tertiary/aromatic N) is 1. The van der Waals surface area contributed by atoms with Gasteiger partial charge in [-0.3, -0.25) is 10.1 Å². The van der Waals surface area contributed by atoms with E-state index in [0.29, 0.717) is 18.2 Å². The molecule has 0 aliphatic carbocycles. The summed E-state index contributed by atoms with van der Waals surface area (Å²) in [5.74, 6) is 0.197. The van der Waals surface area contributed by atoms with Gasteiger partial charge < -0.3 is 10.1 Å². The maximum absolute atomic E-state index is 10.6. The van der Waals surface area contributed by atoms with Crippen molar-refractivity contribution in [2.75, 3.05) is 20.2 Å². The molecule has 82 valence electrons. The number of nitro groups is 1. The quantitative estimate of drug-likeness (QED) is 0.476. The van der Waals surface area contributed by atoms with Gasteiger partial charge in [0.1, 0.15) is 6.61 Å². The van der Waals surface area contributed by atoms with Crippen molar-refractivity contribution >= 4 is 17.3 Å². The first-order valence-electron chi connectivity index (χ1n) is 4.36. The zero-order valence-electron chi connectivity index (χ0n) is 8.20. The van der Waals surface area contributed by atoms with E-state index in [1.54, 1.807) is 7.05 Å². The molecule has 1 N–H and O–H groups in total. The fourth-order valence-electron chi connectivity index (χ4n) is 1.02. The van der Waals surface area contributed by atoms with E-state index in [-0.39, 0.29) is 11.4 Å². The molecule has 0 fully saturated rings. The molecule has 0 amide bonds. The molecular formula is C9H11ClN2O3. The standard InChI is InChI=1S/C9H11ClN2O3/c1-11-4-5-15-9-6-7(10)2-3-8(9)12(13)14/h2-3,6,11H,4-5H2,1H3. The Labute approximate surface area is 92.1 Å². The average Bonchev–Trinajstić information content (AvgIpc) is 2.18. The van der Waals surface area contributed by atoms with Gasteiger partial charge in [0.05, 0.1) is 4.92 Å². The second kappa shape index (κ2) is 5.53. The molecule has 0 atom stereocenters. The summed E-state index contributed by atoms with van der Waals surface area (Å²) in [6, 6.07) is 4.23. The number of ether oxygens (including phenoxy) is 1. The van der Waals surface area contributed by atoms with Crippen LogP contribution in [0.25, 0.3) is 0 Å². The van der Waals surface area contributed by atoms with Gasteiger partial charge in [-0.05, 0) is 13.1 Å². The fourth-order valence-corrected chi connectivity index (χ4v) is 1.18. The normalized spacial score (nSPS) is 10.0. The van der Waals surface area contributed by atoms with E-state index in [4.69, 9.17) is 16.3 Å². The van der Waals surface area contributed by atoms with Crippen molar-refractivity contribution in [3.63, 3.8) is 0 Å². The molecule has 0 heterocycles. The van der Waals surface area contributed by atoms with E-state index in [2.05, 4.69) is 5.32 Å². The van der Waals surface area contributed by atoms with Crippen molar-refractivity contribution < 1.29 is 9.66 Å². The van der Waals surface area contributed by atoms with Crippen LogP contribution >= 0.6 is 11.6 Å². The van der Waals surface area contributed by atoms with Crippen molar-refractivity contribution in [3.05, 3.63) is 33.3 Å². The number of hydrogen-bond donors (Lipinski definition) is 1. The first-order chi connectivity index (χ1) is 7.15. The minimum absolute atomic E-state index is 0.0736. The summed E-state index contributed by atoms with van der Waals surface area (Å²) in [5.41, 5.74) is -0.0736. The zero-order valence-corrected chi connectivity index (χ0v) is 8.95. The van der Waals surface area contributed by atoms with Crippen LogP contribution in [-0.4, -0.2) is 25.1 Å². The Balaban J connectivity index is 2.82. The van der Waals surface area contributed by atoms with Crippen LogP contribution in [0.5, 0.6) is 5.75 Å². The largest absolute Gasteiger partial charge is 0.485 e. The number of halogens is 1. The minimum Gasteiger partial charge on any atom is -0.485 e. The Hall–Kier alpha value is -1.33. The summed E-state index contributed by atoms with van der Waals surface area (Å²) in [6.07, 6.45) is 0. The van der Waals surface area contributed by atoms with Gasteiger partial charge in [-0.2, -0.15) is 0 Å². The van der Waals surface area contributed by atoms with Gasteiger partial charge in [0.25, 0.3) is 0 Å². The third kappa shape index (κ3) is 3.38. The maximum atomic E-state index is 10.6. The zero-order chi connectivity index (χ0) is 11.3. The summed E-state index contributed by atoms with van der Waals surface area (Å²) >= 11 is 5.72. The van der Waals surface area contributed by atoms with Gasteiger partial charge in [0.2, 0.25) is 0 Å². The minimum atomic E-state index is -0.495. The predicted molar refractivity (Wildman–Crippen MR) is 57.5 cm³/mol. The van der Waals surface area contributed by atoms with Crippen LogP contribution in [0.3, 0.4) is 0 Å². The van der Waals surface area contributed by atoms with Gasteiger partial charge in [0.15, 0.2) is 5.75 Å². The average molecular weight is 231 g/mol. The van der Waals surface area contributed by atoms with Crippen LogP contribution < -0.4 is 10.1 Å².